The van der Waals surface area contributed by atoms with Gasteiger partial charge in [0.1, 0.15) is 17.2 Å². The SMILES string of the molecule is CCCNC(=O)C1CCN(c2cc(SCC(=O)Nc3c(C)cc(C)cc3C)ncn2)CC1. The molecule has 0 aliphatic carbocycles. The molecular formula is C24H33N5O2S. The predicted molar refractivity (Wildman–Crippen MR) is 130 cm³/mol. The molecule has 1 aromatic heterocycles. The fourth-order valence-electron chi connectivity index (χ4n) is 4.04. The molecule has 172 valence electrons. The van der Waals surface area contributed by atoms with Gasteiger partial charge in [-0.05, 0) is 51.2 Å². The number of nitrogens with zero attached hydrogens (tertiary/aromatic N) is 3. The van der Waals surface area contributed by atoms with Gasteiger partial charge in [0, 0.05) is 37.3 Å². The molecule has 32 heavy (non-hydrogen) atoms. The number of amides is 2. The van der Waals surface area contributed by atoms with E-state index < -0.39 is 0 Å². The molecule has 2 amide bonds. The van der Waals surface area contributed by atoms with Crippen molar-refractivity contribution in [2.24, 2.45) is 5.92 Å². The predicted octanol–water partition coefficient (Wildman–Crippen LogP) is 3.88. The Morgan fingerprint density at radius 3 is 2.44 bits per heavy atom. The first-order valence-corrected chi connectivity index (χ1v) is 12.2. The van der Waals surface area contributed by atoms with Gasteiger partial charge >= 0.3 is 0 Å². The van der Waals surface area contributed by atoms with Gasteiger partial charge in [-0.25, -0.2) is 9.97 Å². The van der Waals surface area contributed by atoms with Gasteiger partial charge in [-0.15, -0.1) is 0 Å². The van der Waals surface area contributed by atoms with Crippen molar-refractivity contribution in [1.29, 1.82) is 0 Å². The number of hydrogen-bond acceptors (Lipinski definition) is 6. The van der Waals surface area contributed by atoms with E-state index in [0.29, 0.717) is 0 Å². The van der Waals surface area contributed by atoms with Crippen molar-refractivity contribution in [3.05, 3.63) is 41.2 Å². The molecule has 1 aliphatic heterocycles. The van der Waals surface area contributed by atoms with Crippen LogP contribution in [0.1, 0.15) is 42.9 Å². The van der Waals surface area contributed by atoms with Crippen LogP contribution in [0.4, 0.5) is 11.5 Å². The molecule has 3 rings (SSSR count). The van der Waals surface area contributed by atoms with Gasteiger partial charge in [0.25, 0.3) is 0 Å². The Bertz CT molecular complexity index is 934. The normalized spacial score (nSPS) is 14.3. The van der Waals surface area contributed by atoms with Crippen LogP contribution in [0.25, 0.3) is 0 Å². The third-order valence-electron chi connectivity index (χ3n) is 5.66. The summed E-state index contributed by atoms with van der Waals surface area (Å²) in [5.74, 6) is 1.31. The fourth-order valence-corrected chi connectivity index (χ4v) is 4.70. The lowest BCUT2D eigenvalue weighted by Crippen LogP contribution is -2.41. The van der Waals surface area contributed by atoms with E-state index in [4.69, 9.17) is 0 Å². The summed E-state index contributed by atoms with van der Waals surface area (Å²) in [5, 5.41) is 6.80. The van der Waals surface area contributed by atoms with Gasteiger partial charge in [0.05, 0.1) is 5.75 Å². The van der Waals surface area contributed by atoms with Crippen molar-refractivity contribution in [2.45, 2.75) is 52.0 Å². The van der Waals surface area contributed by atoms with Gasteiger partial charge in [-0.1, -0.05) is 36.4 Å². The Kier molecular flexibility index (Phi) is 8.50. The fraction of sp³-hybridized carbons (Fsp3) is 0.500. The Labute approximate surface area is 194 Å². The van der Waals surface area contributed by atoms with E-state index in [1.54, 1.807) is 6.33 Å². The maximum atomic E-state index is 12.5. The lowest BCUT2D eigenvalue weighted by atomic mass is 9.96. The third-order valence-corrected chi connectivity index (χ3v) is 6.58. The maximum absolute atomic E-state index is 12.5. The molecule has 2 N–H and O–H groups in total. The second kappa shape index (κ2) is 11.3. The minimum absolute atomic E-state index is 0.0517. The van der Waals surface area contributed by atoms with Crippen LogP contribution in [-0.2, 0) is 9.59 Å². The summed E-state index contributed by atoms with van der Waals surface area (Å²) in [5.41, 5.74) is 4.20. The molecule has 2 heterocycles. The van der Waals surface area contributed by atoms with Crippen LogP contribution in [-0.4, -0.2) is 47.2 Å². The van der Waals surface area contributed by atoms with Crippen molar-refractivity contribution in [3.63, 3.8) is 0 Å². The van der Waals surface area contributed by atoms with E-state index in [1.807, 2.05) is 19.9 Å². The quantitative estimate of drug-likeness (QED) is 0.464. The number of thioether (sulfide) groups is 1. The smallest absolute Gasteiger partial charge is 0.234 e. The van der Waals surface area contributed by atoms with E-state index in [-0.39, 0.29) is 23.5 Å². The lowest BCUT2D eigenvalue weighted by molar-refractivity contribution is -0.125. The van der Waals surface area contributed by atoms with Crippen molar-refractivity contribution >= 4 is 35.1 Å². The second-order valence-electron chi connectivity index (χ2n) is 8.38. The second-order valence-corrected chi connectivity index (χ2v) is 9.37. The lowest BCUT2D eigenvalue weighted by Gasteiger charge is -2.32. The molecule has 0 atom stereocenters. The Morgan fingerprint density at radius 2 is 1.78 bits per heavy atom. The zero-order valence-corrected chi connectivity index (χ0v) is 20.2. The Balaban J connectivity index is 1.52. The molecule has 1 saturated heterocycles. The highest BCUT2D eigenvalue weighted by molar-refractivity contribution is 7.99. The molecule has 1 fully saturated rings. The van der Waals surface area contributed by atoms with Crippen LogP contribution < -0.4 is 15.5 Å². The van der Waals surface area contributed by atoms with Gasteiger partial charge in [-0.2, -0.15) is 0 Å². The summed E-state index contributed by atoms with van der Waals surface area (Å²) in [6.45, 7) is 10.4. The molecule has 0 radical (unpaired) electrons. The van der Waals surface area contributed by atoms with Crippen LogP contribution in [0.3, 0.4) is 0 Å². The minimum Gasteiger partial charge on any atom is -0.356 e. The summed E-state index contributed by atoms with van der Waals surface area (Å²) in [6, 6.07) is 6.07. The number of aromatic nitrogens is 2. The molecule has 0 unspecified atom stereocenters. The molecule has 0 bridgehead atoms. The zero-order valence-electron chi connectivity index (χ0n) is 19.4. The molecular weight excluding hydrogens is 422 g/mol. The average Bonchev–Trinajstić information content (AvgIpc) is 2.78. The first-order chi connectivity index (χ1) is 15.4. The Morgan fingerprint density at radius 1 is 1.09 bits per heavy atom. The van der Waals surface area contributed by atoms with Gasteiger partial charge in [0.15, 0.2) is 0 Å². The van der Waals surface area contributed by atoms with E-state index in [2.05, 4.69) is 51.5 Å². The number of carbonyl (C=O) groups excluding carboxylic acids is 2. The van der Waals surface area contributed by atoms with Gasteiger partial charge < -0.3 is 15.5 Å². The summed E-state index contributed by atoms with van der Waals surface area (Å²) >= 11 is 1.40. The number of piperidine rings is 1. The van der Waals surface area contributed by atoms with E-state index >= 15 is 0 Å². The molecule has 1 aliphatic rings. The first-order valence-electron chi connectivity index (χ1n) is 11.2. The highest BCUT2D eigenvalue weighted by atomic mass is 32.2. The van der Waals surface area contributed by atoms with Crippen LogP contribution in [0.5, 0.6) is 0 Å². The zero-order chi connectivity index (χ0) is 23.1. The number of hydrogen-bond donors (Lipinski definition) is 2. The minimum atomic E-state index is -0.0517. The molecule has 1 aromatic carbocycles. The van der Waals surface area contributed by atoms with Crippen LogP contribution in [0, 0.1) is 26.7 Å². The largest absolute Gasteiger partial charge is 0.356 e. The first kappa shape index (κ1) is 24.0. The van der Waals surface area contributed by atoms with Crippen LogP contribution in [0.15, 0.2) is 29.6 Å². The van der Waals surface area contributed by atoms with E-state index in [0.717, 1.165) is 66.6 Å². The number of carbonyl (C=O) groups is 2. The van der Waals surface area contributed by atoms with Gasteiger partial charge in [-0.3, -0.25) is 9.59 Å². The summed E-state index contributed by atoms with van der Waals surface area (Å²) in [4.78, 5) is 35.6. The number of benzene rings is 1. The Hall–Kier alpha value is -2.61. The van der Waals surface area contributed by atoms with Crippen molar-refractivity contribution < 1.29 is 9.59 Å². The maximum Gasteiger partial charge on any atom is 0.234 e. The summed E-state index contributed by atoms with van der Waals surface area (Å²) in [6.07, 6.45) is 4.14. The topological polar surface area (TPSA) is 87.2 Å². The molecule has 0 saturated carbocycles. The van der Waals surface area contributed by atoms with Gasteiger partial charge in [0.2, 0.25) is 11.8 Å². The van der Waals surface area contributed by atoms with E-state index in [1.165, 1.54) is 17.3 Å². The molecule has 2 aromatic rings. The summed E-state index contributed by atoms with van der Waals surface area (Å²) in [7, 11) is 0. The van der Waals surface area contributed by atoms with Crippen molar-refractivity contribution in [2.75, 3.05) is 35.6 Å². The van der Waals surface area contributed by atoms with Crippen molar-refractivity contribution in [1.82, 2.24) is 15.3 Å². The third kappa shape index (κ3) is 6.45. The summed E-state index contributed by atoms with van der Waals surface area (Å²) < 4.78 is 0. The average molecular weight is 456 g/mol. The van der Waals surface area contributed by atoms with Crippen LogP contribution >= 0.6 is 11.8 Å². The van der Waals surface area contributed by atoms with Crippen molar-refractivity contribution in [3.8, 4) is 0 Å². The number of nitrogens with one attached hydrogen (secondary N) is 2. The monoisotopic (exact) mass is 455 g/mol. The highest BCUT2D eigenvalue weighted by Gasteiger charge is 2.25. The number of aryl methyl sites for hydroxylation is 3. The van der Waals surface area contributed by atoms with Crippen LogP contribution in [0.2, 0.25) is 0 Å². The van der Waals surface area contributed by atoms with E-state index in [9.17, 15) is 9.59 Å². The molecule has 8 heteroatoms. The number of anilines is 2. The number of rotatable bonds is 8. The molecule has 0 spiro atoms. The molecule has 7 nitrogen and oxygen atoms in total. The highest BCUT2D eigenvalue weighted by Crippen LogP contribution is 2.26. The standard InChI is InChI=1S/C24H33N5O2S/c1-5-8-25-24(31)19-6-9-29(10-7-19)20-13-22(27-15-26-20)32-14-21(30)28-23-17(3)11-16(2)12-18(23)4/h11-13,15,19H,5-10,14H2,1-4H3,(H,25,31)(H,28,30).